The highest BCUT2D eigenvalue weighted by Gasteiger charge is 2.28. The lowest BCUT2D eigenvalue weighted by molar-refractivity contribution is -0.145. The summed E-state index contributed by atoms with van der Waals surface area (Å²) in [4.78, 5) is 38.0. The zero-order chi connectivity index (χ0) is 26.4. The van der Waals surface area contributed by atoms with Crippen LogP contribution in [0, 0.1) is 5.41 Å². The number of aliphatic imine (C=N–C) groups is 2. The van der Waals surface area contributed by atoms with Crippen LogP contribution in [0.4, 0.5) is 0 Å². The quantitative estimate of drug-likeness (QED) is 0.123. The first-order chi connectivity index (χ1) is 16.2. The molecule has 11 heteroatoms. The first kappa shape index (κ1) is 33.2. The number of aliphatic hydroxyl groups is 5. The van der Waals surface area contributed by atoms with Gasteiger partial charge in [0.05, 0.1) is 31.3 Å². The summed E-state index contributed by atoms with van der Waals surface area (Å²) in [6.45, 7) is 5.93. The second kappa shape index (κ2) is 20.6. The van der Waals surface area contributed by atoms with E-state index in [4.69, 9.17) is 30.3 Å². The van der Waals surface area contributed by atoms with Crippen LogP contribution in [-0.2, 0) is 19.1 Å². The van der Waals surface area contributed by atoms with Crippen LogP contribution in [0.5, 0.6) is 0 Å². The molecule has 1 unspecified atom stereocenters. The highest BCUT2D eigenvalue weighted by atomic mass is 16.5. The van der Waals surface area contributed by atoms with Crippen LogP contribution < -0.4 is 0 Å². The number of hydrogen-bond acceptors (Lipinski definition) is 11. The van der Waals surface area contributed by atoms with Crippen molar-refractivity contribution in [3.63, 3.8) is 0 Å². The van der Waals surface area contributed by atoms with Gasteiger partial charge < -0.3 is 30.3 Å². The van der Waals surface area contributed by atoms with Crippen LogP contribution in [0.3, 0.4) is 0 Å². The second-order valence-electron chi connectivity index (χ2n) is 7.08. The molecule has 0 saturated carbocycles. The third-order valence-electron chi connectivity index (χ3n) is 4.34. The van der Waals surface area contributed by atoms with Gasteiger partial charge in [-0.1, -0.05) is 43.8 Å². The van der Waals surface area contributed by atoms with Crippen LogP contribution in [0.25, 0.3) is 0 Å². The predicted molar refractivity (Wildman–Crippen MR) is 123 cm³/mol. The van der Waals surface area contributed by atoms with Crippen LogP contribution in [0.1, 0.15) is 38.4 Å². The highest BCUT2D eigenvalue weighted by Crippen LogP contribution is 2.21. The molecule has 1 rings (SSSR count). The van der Waals surface area contributed by atoms with Gasteiger partial charge in [0, 0.05) is 18.6 Å². The van der Waals surface area contributed by atoms with Crippen molar-refractivity contribution in [2.75, 3.05) is 33.0 Å². The van der Waals surface area contributed by atoms with Gasteiger partial charge in [-0.25, -0.2) is 14.4 Å². The van der Waals surface area contributed by atoms with Crippen LogP contribution in [0.15, 0.2) is 52.5 Å². The Morgan fingerprint density at radius 2 is 1.59 bits per heavy atom. The molecule has 0 saturated heterocycles. The van der Waals surface area contributed by atoms with Crippen LogP contribution in [0.2, 0.25) is 0 Å². The number of ether oxygens (including phenoxy) is 1. The highest BCUT2D eigenvalue weighted by molar-refractivity contribution is 5.87. The second-order valence-corrected chi connectivity index (χ2v) is 7.08. The number of carbonyl (C=O) groups is 1. The minimum absolute atomic E-state index is 0.0558. The smallest absolute Gasteiger partial charge is 0.333 e. The molecule has 0 spiro atoms. The third-order valence-corrected chi connectivity index (χ3v) is 4.34. The lowest BCUT2D eigenvalue weighted by Crippen LogP contribution is -2.35. The minimum atomic E-state index is -0.809. The Bertz CT molecular complexity index is 757. The number of carbonyl (C=O) groups excluding carboxylic acids is 3. The van der Waals surface area contributed by atoms with E-state index in [-0.39, 0.29) is 45.0 Å². The van der Waals surface area contributed by atoms with Crippen molar-refractivity contribution in [1.29, 1.82) is 0 Å². The SMILES string of the molecule is C=C(CCO)C(=O)OCC(CC)(CO)CO.CC(O)CO.O=C=NC(N=C=O)c1ccccc1. The summed E-state index contributed by atoms with van der Waals surface area (Å²) in [5.74, 6) is -0.603. The summed E-state index contributed by atoms with van der Waals surface area (Å²) >= 11 is 0. The van der Waals surface area contributed by atoms with Crippen LogP contribution in [-0.4, -0.2) is 82.8 Å². The van der Waals surface area contributed by atoms with Crippen molar-refractivity contribution in [3.8, 4) is 0 Å². The summed E-state index contributed by atoms with van der Waals surface area (Å²) < 4.78 is 4.92. The molecule has 0 aromatic heterocycles. The van der Waals surface area contributed by atoms with E-state index in [9.17, 15) is 14.4 Å². The van der Waals surface area contributed by atoms with E-state index in [0.29, 0.717) is 12.0 Å². The summed E-state index contributed by atoms with van der Waals surface area (Å²) in [5.41, 5.74) is 0.0485. The molecule has 0 fully saturated rings. The number of esters is 1. The Morgan fingerprint density at radius 3 is 1.94 bits per heavy atom. The van der Waals surface area contributed by atoms with Crippen molar-refractivity contribution >= 4 is 18.1 Å². The fourth-order valence-corrected chi connectivity index (χ4v) is 1.93. The van der Waals surface area contributed by atoms with Gasteiger partial charge in [-0.15, -0.1) is 0 Å². The third kappa shape index (κ3) is 14.9. The summed E-state index contributed by atoms with van der Waals surface area (Å²) in [7, 11) is 0. The average molecular weight is 483 g/mol. The summed E-state index contributed by atoms with van der Waals surface area (Å²) in [5, 5.41) is 42.8. The van der Waals surface area contributed by atoms with Crippen LogP contribution >= 0.6 is 0 Å². The number of benzene rings is 1. The lowest BCUT2D eigenvalue weighted by atomic mass is 9.88. The Kier molecular flexibility index (Phi) is 20.1. The number of rotatable bonds is 12. The molecule has 0 aliphatic rings. The molecule has 0 aliphatic carbocycles. The molecule has 0 radical (unpaired) electrons. The van der Waals surface area contributed by atoms with Gasteiger partial charge in [0.1, 0.15) is 6.61 Å². The monoisotopic (exact) mass is 482 g/mol. The zero-order valence-corrected chi connectivity index (χ0v) is 19.5. The maximum atomic E-state index is 11.3. The predicted octanol–water partition coefficient (Wildman–Crippen LogP) is 0.566. The van der Waals surface area contributed by atoms with E-state index in [0.717, 1.165) is 0 Å². The van der Waals surface area contributed by atoms with Crippen molar-refractivity contribution in [2.24, 2.45) is 15.4 Å². The average Bonchev–Trinajstić information content (AvgIpc) is 2.86. The topological polar surface area (TPSA) is 186 Å². The molecule has 0 heterocycles. The molecular formula is C23H34N2O9. The maximum Gasteiger partial charge on any atom is 0.333 e. The van der Waals surface area contributed by atoms with Gasteiger partial charge >= 0.3 is 5.97 Å². The standard InChI is InChI=1S/C11H20O5.C9H6N2O2.C3H8O2/c1-3-11(6-13,7-14)8-16-10(15)9(2)4-5-12;12-6-10-9(11-7-13)8-4-2-1-3-5-8;1-3(5)2-4/h12-14H,2-8H2,1H3;1-5,9H;3-5H,2H2,1H3. The number of aliphatic hydroxyl groups excluding tert-OH is 5. The maximum absolute atomic E-state index is 11.3. The zero-order valence-electron chi connectivity index (χ0n) is 19.5. The van der Waals surface area contributed by atoms with Gasteiger partial charge in [0.2, 0.25) is 12.2 Å². The van der Waals surface area contributed by atoms with Crippen molar-refractivity contribution in [1.82, 2.24) is 0 Å². The van der Waals surface area contributed by atoms with E-state index in [1.807, 2.05) is 6.07 Å². The normalized spacial score (nSPS) is 11.6. The lowest BCUT2D eigenvalue weighted by Gasteiger charge is -2.27. The molecule has 1 aromatic carbocycles. The fraction of sp³-hybridized carbons (Fsp3) is 0.522. The minimum Gasteiger partial charge on any atom is -0.462 e. The Morgan fingerprint density at radius 1 is 1.09 bits per heavy atom. The number of isocyanates is 2. The van der Waals surface area contributed by atoms with E-state index < -0.39 is 23.7 Å². The summed E-state index contributed by atoms with van der Waals surface area (Å²) in [6.07, 6.45) is 2.00. The molecule has 0 aliphatic heterocycles. The first-order valence-electron chi connectivity index (χ1n) is 10.4. The molecule has 1 atom stereocenters. The van der Waals surface area contributed by atoms with Gasteiger partial charge in [0.25, 0.3) is 0 Å². The largest absolute Gasteiger partial charge is 0.462 e. The molecule has 11 nitrogen and oxygen atoms in total. The Hall–Kier alpha value is -3.01. The Balaban J connectivity index is 0. The molecule has 0 bridgehead atoms. The number of hydrogen-bond donors (Lipinski definition) is 5. The van der Waals surface area contributed by atoms with Gasteiger partial charge in [0.15, 0.2) is 6.17 Å². The van der Waals surface area contributed by atoms with Gasteiger partial charge in [-0.3, -0.25) is 0 Å². The van der Waals surface area contributed by atoms with Crippen molar-refractivity contribution in [3.05, 3.63) is 48.0 Å². The van der Waals surface area contributed by atoms with Crippen molar-refractivity contribution < 1.29 is 44.7 Å². The van der Waals surface area contributed by atoms with E-state index in [2.05, 4.69) is 16.6 Å². The molecule has 0 amide bonds. The first-order valence-corrected chi connectivity index (χ1v) is 10.4. The van der Waals surface area contributed by atoms with E-state index >= 15 is 0 Å². The molecule has 34 heavy (non-hydrogen) atoms. The van der Waals surface area contributed by atoms with Crippen molar-refractivity contribution in [2.45, 2.75) is 39.0 Å². The molecule has 190 valence electrons. The molecule has 5 N–H and O–H groups in total. The summed E-state index contributed by atoms with van der Waals surface area (Å²) in [6, 6.07) is 8.78. The molecular weight excluding hydrogens is 448 g/mol. The van der Waals surface area contributed by atoms with Gasteiger partial charge in [-0.2, -0.15) is 9.98 Å². The van der Waals surface area contributed by atoms with Gasteiger partial charge in [-0.05, 0) is 18.9 Å². The number of nitrogens with zero attached hydrogens (tertiary/aromatic N) is 2. The van der Waals surface area contributed by atoms with E-state index in [1.54, 1.807) is 31.2 Å². The fourth-order valence-electron chi connectivity index (χ4n) is 1.93. The Labute approximate surface area is 198 Å². The van der Waals surface area contributed by atoms with E-state index in [1.165, 1.54) is 19.1 Å². The molecule has 1 aromatic rings.